The molecule has 4 aliphatic rings. The second-order valence-corrected chi connectivity index (χ2v) is 14.3. The molecule has 0 atom stereocenters. The highest BCUT2D eigenvalue weighted by Crippen LogP contribution is 2.60. The number of hydrogen-bond donors (Lipinski definition) is 1. The van der Waals surface area contributed by atoms with E-state index in [1.807, 2.05) is 12.1 Å². The van der Waals surface area contributed by atoms with Crippen molar-refractivity contribution in [3.8, 4) is 23.0 Å². The third kappa shape index (κ3) is 5.56. The highest BCUT2D eigenvalue weighted by atomic mass is 32.2. The first-order valence-electron chi connectivity index (χ1n) is 15.0. The van der Waals surface area contributed by atoms with Crippen molar-refractivity contribution in [3.63, 3.8) is 0 Å². The fourth-order valence-electron chi connectivity index (χ4n) is 8.10. The third-order valence-corrected chi connectivity index (χ3v) is 11.5. The fraction of sp³-hybridized carbons (Fsp3) is 0.441. The normalized spacial score (nSPS) is 23.6. The minimum Gasteiger partial charge on any atom is -0.497 e. The van der Waals surface area contributed by atoms with Gasteiger partial charge >= 0.3 is 0 Å². The Balaban J connectivity index is 1.28. The van der Waals surface area contributed by atoms with E-state index in [4.69, 9.17) is 18.9 Å². The maximum atomic E-state index is 14.2. The lowest BCUT2D eigenvalue weighted by molar-refractivity contribution is -0.114. The van der Waals surface area contributed by atoms with Crippen LogP contribution in [0.3, 0.4) is 0 Å². The second kappa shape index (κ2) is 11.9. The molecule has 3 aromatic carbocycles. The molecular weight excluding hydrogens is 580 g/mol. The van der Waals surface area contributed by atoms with Gasteiger partial charge in [-0.15, -0.1) is 0 Å². The van der Waals surface area contributed by atoms with Gasteiger partial charge in [0, 0.05) is 17.8 Å². The number of anilines is 2. The van der Waals surface area contributed by atoms with E-state index in [2.05, 4.69) is 17.4 Å². The third-order valence-electron chi connectivity index (χ3n) is 9.70. The molecule has 1 N–H and O–H groups in total. The van der Waals surface area contributed by atoms with Gasteiger partial charge in [-0.05, 0) is 104 Å². The van der Waals surface area contributed by atoms with E-state index in [-0.39, 0.29) is 27.5 Å². The summed E-state index contributed by atoms with van der Waals surface area (Å²) in [5, 5.41) is 2.91. The number of methoxy groups -OCH3 is 4. The van der Waals surface area contributed by atoms with E-state index in [1.54, 1.807) is 12.1 Å². The van der Waals surface area contributed by atoms with Gasteiger partial charge in [-0.2, -0.15) is 0 Å². The van der Waals surface area contributed by atoms with Gasteiger partial charge in [0.05, 0.1) is 39.0 Å². The van der Waals surface area contributed by atoms with Crippen molar-refractivity contribution in [1.29, 1.82) is 0 Å². The molecule has 1 amide bonds. The summed E-state index contributed by atoms with van der Waals surface area (Å²) in [7, 11) is 1.54. The van der Waals surface area contributed by atoms with Crippen LogP contribution in [0.2, 0.25) is 0 Å². The Morgan fingerprint density at radius 2 is 1.36 bits per heavy atom. The van der Waals surface area contributed by atoms with Gasteiger partial charge in [0.1, 0.15) is 18.0 Å². The Labute approximate surface area is 259 Å². The molecule has 3 aromatic rings. The molecule has 0 spiro atoms. The number of nitrogens with zero attached hydrogens (tertiary/aromatic N) is 1. The molecule has 4 saturated carbocycles. The summed E-state index contributed by atoms with van der Waals surface area (Å²) in [6, 6.07) is 17.3. The number of benzene rings is 3. The number of hydrogen-bond acceptors (Lipinski definition) is 7. The van der Waals surface area contributed by atoms with Crippen LogP contribution >= 0.6 is 0 Å². The molecule has 0 aromatic heterocycles. The highest BCUT2D eigenvalue weighted by Gasteiger charge is 2.51. The lowest BCUT2D eigenvalue weighted by Crippen LogP contribution is -2.48. The first-order valence-corrected chi connectivity index (χ1v) is 16.5. The number of ether oxygens (including phenoxy) is 4. The average molecular weight is 621 g/mol. The molecule has 0 radical (unpaired) electrons. The summed E-state index contributed by atoms with van der Waals surface area (Å²) in [6.45, 7) is -0.503. The molecule has 0 saturated heterocycles. The average Bonchev–Trinajstić information content (AvgIpc) is 3.02. The molecule has 44 heavy (non-hydrogen) atoms. The van der Waals surface area contributed by atoms with Crippen LogP contribution in [0.4, 0.5) is 11.4 Å². The zero-order valence-electron chi connectivity index (χ0n) is 25.7. The Morgan fingerprint density at radius 1 is 0.773 bits per heavy atom. The molecule has 0 heterocycles. The van der Waals surface area contributed by atoms with Crippen LogP contribution in [0.5, 0.6) is 23.0 Å². The van der Waals surface area contributed by atoms with Crippen LogP contribution in [0, 0.1) is 17.8 Å². The van der Waals surface area contributed by atoms with E-state index in [1.165, 1.54) is 96.8 Å². The van der Waals surface area contributed by atoms with E-state index < -0.39 is 22.5 Å². The standard InChI is InChI=1S/C34H40N2O7S/c1-40-27-9-11-30(41-2)29(16-27)36(44(38,39)28-10-12-31(42-3)32(17-28)43-4)21-33(37)35-26-7-5-25(6-8-26)34-18-22-13-23(19-34)15-24(14-22)20-34/h5-12,16-17,22-24H,13-15,18-21H2,1-4H3,(H,35,37). The Morgan fingerprint density at radius 3 is 1.93 bits per heavy atom. The van der Waals surface area contributed by atoms with Gasteiger partial charge in [-0.3, -0.25) is 9.10 Å². The minimum atomic E-state index is -4.29. The van der Waals surface area contributed by atoms with E-state index in [0.29, 0.717) is 17.2 Å². The predicted molar refractivity (Wildman–Crippen MR) is 169 cm³/mol. The summed E-state index contributed by atoms with van der Waals surface area (Å²) in [6.07, 6.45) is 7.93. The monoisotopic (exact) mass is 620 g/mol. The molecular formula is C34H40N2O7S. The number of carbonyl (C=O) groups is 1. The van der Waals surface area contributed by atoms with Crippen molar-refractivity contribution < 1.29 is 32.2 Å². The predicted octanol–water partition coefficient (Wildman–Crippen LogP) is 6.02. The van der Waals surface area contributed by atoms with Crippen LogP contribution < -0.4 is 28.6 Å². The van der Waals surface area contributed by atoms with Crippen molar-refractivity contribution in [3.05, 3.63) is 66.2 Å². The van der Waals surface area contributed by atoms with Crippen LogP contribution in [0.25, 0.3) is 0 Å². The molecule has 7 rings (SSSR count). The fourth-order valence-corrected chi connectivity index (χ4v) is 9.54. The van der Waals surface area contributed by atoms with Crippen molar-refractivity contribution in [2.75, 3.05) is 44.6 Å². The lowest BCUT2D eigenvalue weighted by atomic mass is 9.48. The van der Waals surface area contributed by atoms with E-state index in [9.17, 15) is 13.2 Å². The van der Waals surface area contributed by atoms with Gasteiger partial charge in [0.25, 0.3) is 10.0 Å². The summed E-state index contributed by atoms with van der Waals surface area (Å²) >= 11 is 0. The highest BCUT2D eigenvalue weighted by molar-refractivity contribution is 7.92. The molecule has 234 valence electrons. The summed E-state index contributed by atoms with van der Waals surface area (Å²) in [5.41, 5.74) is 2.39. The number of rotatable bonds is 11. The Hall–Kier alpha value is -3.92. The Bertz CT molecular complexity index is 1600. The summed E-state index contributed by atoms with van der Waals surface area (Å²) in [5.74, 6) is 3.33. The maximum Gasteiger partial charge on any atom is 0.265 e. The quantitative estimate of drug-likeness (QED) is 0.280. The van der Waals surface area contributed by atoms with E-state index in [0.717, 1.165) is 22.1 Å². The molecule has 4 aliphatic carbocycles. The van der Waals surface area contributed by atoms with Gasteiger partial charge < -0.3 is 24.3 Å². The zero-order valence-corrected chi connectivity index (χ0v) is 26.5. The molecule has 9 nitrogen and oxygen atoms in total. The zero-order chi connectivity index (χ0) is 31.1. The largest absolute Gasteiger partial charge is 0.497 e. The minimum absolute atomic E-state index is 0.0762. The maximum absolute atomic E-state index is 14.2. The van der Waals surface area contributed by atoms with Crippen molar-refractivity contribution in [2.24, 2.45) is 17.8 Å². The lowest BCUT2D eigenvalue weighted by Gasteiger charge is -2.57. The topological polar surface area (TPSA) is 103 Å². The number of sulfonamides is 1. The smallest absolute Gasteiger partial charge is 0.265 e. The second-order valence-electron chi connectivity index (χ2n) is 12.4. The van der Waals surface area contributed by atoms with Crippen LogP contribution in [0.15, 0.2) is 65.6 Å². The molecule has 4 bridgehead atoms. The van der Waals surface area contributed by atoms with Gasteiger partial charge in [-0.25, -0.2) is 8.42 Å². The molecule has 0 unspecified atom stereocenters. The van der Waals surface area contributed by atoms with Crippen LogP contribution in [0.1, 0.15) is 44.1 Å². The van der Waals surface area contributed by atoms with Gasteiger partial charge in [0.15, 0.2) is 11.5 Å². The summed E-state index contributed by atoms with van der Waals surface area (Å²) < 4.78 is 50.9. The number of nitrogens with one attached hydrogen (secondary N) is 1. The number of amides is 1. The number of carbonyl (C=O) groups excluding carboxylic acids is 1. The molecule has 10 heteroatoms. The SMILES string of the molecule is COc1ccc(OC)c(N(CC(=O)Nc2ccc(C34CC5CC(CC(C5)C3)C4)cc2)S(=O)(=O)c2ccc(OC)c(OC)c2)c1. The van der Waals surface area contributed by atoms with Crippen molar-refractivity contribution in [1.82, 2.24) is 0 Å². The first kappa shape index (κ1) is 30.1. The van der Waals surface area contributed by atoms with Crippen molar-refractivity contribution >= 4 is 27.3 Å². The summed E-state index contributed by atoms with van der Waals surface area (Å²) in [4.78, 5) is 13.4. The van der Waals surface area contributed by atoms with Gasteiger partial charge in [-0.1, -0.05) is 12.1 Å². The van der Waals surface area contributed by atoms with Crippen molar-refractivity contribution in [2.45, 2.75) is 48.8 Å². The van der Waals surface area contributed by atoms with Crippen LogP contribution in [-0.4, -0.2) is 49.3 Å². The first-order chi connectivity index (χ1) is 21.2. The molecule has 4 fully saturated rings. The Kier molecular flexibility index (Phi) is 8.13. The molecule has 0 aliphatic heterocycles. The van der Waals surface area contributed by atoms with E-state index >= 15 is 0 Å². The van der Waals surface area contributed by atoms with Gasteiger partial charge in [0.2, 0.25) is 5.91 Å². The van der Waals surface area contributed by atoms with Crippen LogP contribution in [-0.2, 0) is 20.2 Å².